The number of hydrogen-bond donors (Lipinski definition) is 1. The lowest BCUT2D eigenvalue weighted by atomic mass is 9.92. The Morgan fingerprint density at radius 2 is 2.17 bits per heavy atom. The van der Waals surface area contributed by atoms with Gasteiger partial charge in [-0.1, -0.05) is 25.0 Å². The SMILES string of the molecule is C=C(C)COCCN1CC2(CCCC2)NCC1C. The molecule has 1 saturated heterocycles. The fourth-order valence-corrected chi connectivity index (χ4v) is 3.21. The van der Waals surface area contributed by atoms with Crippen LogP contribution >= 0.6 is 0 Å². The van der Waals surface area contributed by atoms with Crippen molar-refractivity contribution in [1.29, 1.82) is 0 Å². The molecule has 3 nitrogen and oxygen atoms in total. The van der Waals surface area contributed by atoms with E-state index in [1.54, 1.807) is 0 Å². The zero-order valence-electron chi connectivity index (χ0n) is 12.0. The van der Waals surface area contributed by atoms with Gasteiger partial charge >= 0.3 is 0 Å². The van der Waals surface area contributed by atoms with Gasteiger partial charge < -0.3 is 10.1 Å². The van der Waals surface area contributed by atoms with Crippen LogP contribution in [0.1, 0.15) is 39.5 Å². The summed E-state index contributed by atoms with van der Waals surface area (Å²) in [5.41, 5.74) is 1.52. The molecule has 2 rings (SSSR count). The third-order valence-corrected chi connectivity index (χ3v) is 4.33. The lowest BCUT2D eigenvalue weighted by molar-refractivity contribution is 0.0528. The van der Waals surface area contributed by atoms with Gasteiger partial charge in [0.25, 0.3) is 0 Å². The summed E-state index contributed by atoms with van der Waals surface area (Å²) in [5.74, 6) is 0. The van der Waals surface area contributed by atoms with Crippen molar-refractivity contribution in [2.75, 3.05) is 32.8 Å². The largest absolute Gasteiger partial charge is 0.376 e. The van der Waals surface area contributed by atoms with E-state index in [0.717, 1.165) is 25.3 Å². The molecule has 1 N–H and O–H groups in total. The van der Waals surface area contributed by atoms with Gasteiger partial charge in [0, 0.05) is 31.2 Å². The Morgan fingerprint density at radius 1 is 1.44 bits per heavy atom. The van der Waals surface area contributed by atoms with Gasteiger partial charge in [0.1, 0.15) is 0 Å². The van der Waals surface area contributed by atoms with Gasteiger partial charge in [-0.3, -0.25) is 4.90 Å². The highest BCUT2D eigenvalue weighted by Crippen LogP contribution is 2.32. The molecule has 1 saturated carbocycles. The number of hydrogen-bond acceptors (Lipinski definition) is 3. The molecule has 18 heavy (non-hydrogen) atoms. The Balaban J connectivity index is 1.77. The molecule has 0 bridgehead atoms. The smallest absolute Gasteiger partial charge is 0.0672 e. The van der Waals surface area contributed by atoms with Crippen LogP contribution in [0.2, 0.25) is 0 Å². The lowest BCUT2D eigenvalue weighted by Gasteiger charge is -2.45. The molecule has 1 heterocycles. The summed E-state index contributed by atoms with van der Waals surface area (Å²) >= 11 is 0. The molecule has 104 valence electrons. The normalized spacial score (nSPS) is 27.8. The molecule has 2 fully saturated rings. The van der Waals surface area contributed by atoms with E-state index < -0.39 is 0 Å². The molecule has 1 atom stereocenters. The van der Waals surface area contributed by atoms with Crippen LogP contribution in [0.3, 0.4) is 0 Å². The predicted molar refractivity (Wildman–Crippen MR) is 75.9 cm³/mol. The fraction of sp³-hybridized carbons (Fsp3) is 0.867. The second-order valence-corrected chi connectivity index (χ2v) is 6.20. The predicted octanol–water partition coefficient (Wildman–Crippen LogP) is 2.19. The van der Waals surface area contributed by atoms with Crippen molar-refractivity contribution in [1.82, 2.24) is 10.2 Å². The van der Waals surface area contributed by atoms with Crippen molar-refractivity contribution in [3.05, 3.63) is 12.2 Å². The Morgan fingerprint density at radius 3 is 2.83 bits per heavy atom. The highest BCUT2D eigenvalue weighted by molar-refractivity contribution is 5.00. The zero-order valence-corrected chi connectivity index (χ0v) is 12.0. The molecular formula is C15H28N2O. The van der Waals surface area contributed by atoms with Crippen LogP contribution in [-0.4, -0.2) is 49.3 Å². The Bertz CT molecular complexity index is 284. The number of ether oxygens (including phenoxy) is 1. The van der Waals surface area contributed by atoms with E-state index in [9.17, 15) is 0 Å². The molecule has 1 aliphatic carbocycles. The maximum atomic E-state index is 5.64. The maximum absolute atomic E-state index is 5.64. The first kappa shape index (κ1) is 14.0. The van der Waals surface area contributed by atoms with Gasteiger partial charge in [0.15, 0.2) is 0 Å². The van der Waals surface area contributed by atoms with Crippen LogP contribution in [0.15, 0.2) is 12.2 Å². The molecule has 0 aromatic carbocycles. The first-order valence-electron chi connectivity index (χ1n) is 7.32. The molecule has 0 amide bonds. The van der Waals surface area contributed by atoms with Crippen LogP contribution in [0.25, 0.3) is 0 Å². The van der Waals surface area contributed by atoms with Gasteiger partial charge in [-0.05, 0) is 26.7 Å². The Kier molecular flexibility index (Phi) is 4.82. The first-order chi connectivity index (χ1) is 8.61. The van der Waals surface area contributed by atoms with Crippen molar-refractivity contribution in [2.45, 2.75) is 51.1 Å². The second-order valence-electron chi connectivity index (χ2n) is 6.20. The average molecular weight is 252 g/mol. The van der Waals surface area contributed by atoms with Gasteiger partial charge in [0.2, 0.25) is 0 Å². The van der Waals surface area contributed by atoms with Gasteiger partial charge in [-0.25, -0.2) is 0 Å². The minimum absolute atomic E-state index is 0.418. The van der Waals surface area contributed by atoms with Crippen LogP contribution < -0.4 is 5.32 Å². The molecule has 2 aliphatic rings. The van der Waals surface area contributed by atoms with E-state index in [-0.39, 0.29) is 0 Å². The van der Waals surface area contributed by atoms with Crippen molar-refractivity contribution < 1.29 is 4.74 Å². The van der Waals surface area contributed by atoms with Crippen molar-refractivity contribution in [3.63, 3.8) is 0 Å². The Labute approximate surface area is 112 Å². The van der Waals surface area contributed by atoms with E-state index in [1.807, 2.05) is 6.92 Å². The number of nitrogens with zero attached hydrogens (tertiary/aromatic N) is 1. The molecule has 3 heteroatoms. The van der Waals surface area contributed by atoms with E-state index in [4.69, 9.17) is 4.74 Å². The summed E-state index contributed by atoms with van der Waals surface area (Å²) in [4.78, 5) is 2.60. The van der Waals surface area contributed by atoms with E-state index >= 15 is 0 Å². The molecule has 1 aliphatic heterocycles. The van der Waals surface area contributed by atoms with Gasteiger partial charge in [0.05, 0.1) is 13.2 Å². The second kappa shape index (κ2) is 6.18. The Hall–Kier alpha value is -0.380. The quantitative estimate of drug-likeness (QED) is 0.599. The third kappa shape index (κ3) is 3.56. The molecule has 0 aromatic rings. The van der Waals surface area contributed by atoms with Crippen molar-refractivity contribution in [2.24, 2.45) is 0 Å². The van der Waals surface area contributed by atoms with E-state index in [2.05, 4.69) is 23.7 Å². The number of piperazine rings is 1. The van der Waals surface area contributed by atoms with E-state index in [1.165, 1.54) is 32.2 Å². The highest BCUT2D eigenvalue weighted by atomic mass is 16.5. The topological polar surface area (TPSA) is 24.5 Å². The minimum atomic E-state index is 0.418. The van der Waals surface area contributed by atoms with Gasteiger partial charge in [-0.15, -0.1) is 0 Å². The van der Waals surface area contributed by atoms with Crippen LogP contribution in [0.5, 0.6) is 0 Å². The molecular weight excluding hydrogens is 224 g/mol. The molecule has 0 radical (unpaired) electrons. The summed E-state index contributed by atoms with van der Waals surface area (Å²) in [5, 5.41) is 3.79. The minimum Gasteiger partial charge on any atom is -0.376 e. The third-order valence-electron chi connectivity index (χ3n) is 4.33. The standard InChI is InChI=1S/C15H28N2O/c1-13(2)11-18-9-8-17-12-15(6-4-5-7-15)16-10-14(17)3/h14,16H,1,4-12H2,2-3H3. The van der Waals surface area contributed by atoms with Gasteiger partial charge in [-0.2, -0.15) is 0 Å². The monoisotopic (exact) mass is 252 g/mol. The van der Waals surface area contributed by atoms with Crippen LogP contribution in [-0.2, 0) is 4.74 Å². The average Bonchev–Trinajstić information content (AvgIpc) is 2.77. The zero-order chi connectivity index (χ0) is 13.0. The molecule has 0 aromatic heterocycles. The number of rotatable bonds is 5. The summed E-state index contributed by atoms with van der Waals surface area (Å²) < 4.78 is 5.64. The highest BCUT2D eigenvalue weighted by Gasteiger charge is 2.39. The lowest BCUT2D eigenvalue weighted by Crippen LogP contribution is -2.62. The summed E-state index contributed by atoms with van der Waals surface area (Å²) in [7, 11) is 0. The maximum Gasteiger partial charge on any atom is 0.0672 e. The van der Waals surface area contributed by atoms with Crippen molar-refractivity contribution >= 4 is 0 Å². The van der Waals surface area contributed by atoms with Crippen LogP contribution in [0.4, 0.5) is 0 Å². The summed E-state index contributed by atoms with van der Waals surface area (Å²) in [6.07, 6.45) is 5.48. The number of nitrogens with one attached hydrogen (secondary N) is 1. The summed E-state index contributed by atoms with van der Waals surface area (Å²) in [6.45, 7) is 13.1. The fourth-order valence-electron chi connectivity index (χ4n) is 3.21. The van der Waals surface area contributed by atoms with E-state index in [0.29, 0.717) is 18.2 Å². The molecule has 1 unspecified atom stereocenters. The summed E-state index contributed by atoms with van der Waals surface area (Å²) in [6, 6.07) is 0.629. The molecule has 1 spiro atoms. The van der Waals surface area contributed by atoms with Crippen LogP contribution in [0, 0.1) is 0 Å². The van der Waals surface area contributed by atoms with Crippen molar-refractivity contribution in [3.8, 4) is 0 Å². The first-order valence-corrected chi connectivity index (χ1v) is 7.32.